The molecule has 3 aromatic rings. The van der Waals surface area contributed by atoms with Gasteiger partial charge in [0.05, 0.1) is 5.52 Å². The Morgan fingerprint density at radius 2 is 1.89 bits per heavy atom. The van der Waals surface area contributed by atoms with Crippen LogP contribution in [0.25, 0.3) is 22.6 Å². The summed E-state index contributed by atoms with van der Waals surface area (Å²) >= 11 is 1.73. The third-order valence-corrected chi connectivity index (χ3v) is 3.36. The molecule has 3 nitrogen and oxygen atoms in total. The Hall–Kier alpha value is -1.52. The van der Waals surface area contributed by atoms with Gasteiger partial charge in [-0.1, -0.05) is 12.1 Å². The standard InChI is InChI=1S/C13H11N3S.ClH/c1-17-10-6-4-9(5-7-10)12-15-11-3-2-8-14-13(11)16-12;/h2-8H,1H3,(H,14,15,16);1H. The quantitative estimate of drug-likeness (QED) is 0.725. The van der Waals surface area contributed by atoms with Crippen molar-refractivity contribution in [1.29, 1.82) is 0 Å². The highest BCUT2D eigenvalue weighted by Crippen LogP contribution is 2.22. The zero-order valence-corrected chi connectivity index (χ0v) is 11.4. The molecule has 0 fully saturated rings. The second-order valence-corrected chi connectivity index (χ2v) is 4.57. The molecular weight excluding hydrogens is 266 g/mol. The van der Waals surface area contributed by atoms with Gasteiger partial charge in [-0.3, -0.25) is 0 Å². The molecule has 1 N–H and O–H groups in total. The van der Waals surface area contributed by atoms with Gasteiger partial charge in [-0.15, -0.1) is 24.2 Å². The normalized spacial score (nSPS) is 10.3. The first-order valence-electron chi connectivity index (χ1n) is 5.32. The maximum absolute atomic E-state index is 4.46. The molecule has 0 spiro atoms. The second kappa shape index (κ2) is 5.42. The molecule has 2 aromatic heterocycles. The molecule has 0 atom stereocenters. The van der Waals surface area contributed by atoms with Crippen LogP contribution >= 0.6 is 24.2 Å². The second-order valence-electron chi connectivity index (χ2n) is 3.69. The summed E-state index contributed by atoms with van der Waals surface area (Å²) in [4.78, 5) is 13.2. The lowest BCUT2D eigenvalue weighted by atomic mass is 10.2. The van der Waals surface area contributed by atoms with Gasteiger partial charge in [0.15, 0.2) is 5.65 Å². The van der Waals surface area contributed by atoms with E-state index >= 15 is 0 Å². The highest BCUT2D eigenvalue weighted by molar-refractivity contribution is 7.98. The Balaban J connectivity index is 0.00000120. The summed E-state index contributed by atoms with van der Waals surface area (Å²) in [6.45, 7) is 0. The summed E-state index contributed by atoms with van der Waals surface area (Å²) in [5.74, 6) is 0.867. The van der Waals surface area contributed by atoms with Crippen molar-refractivity contribution in [3.63, 3.8) is 0 Å². The minimum absolute atomic E-state index is 0. The largest absolute Gasteiger partial charge is 0.337 e. The lowest BCUT2D eigenvalue weighted by Crippen LogP contribution is -1.80. The fourth-order valence-electron chi connectivity index (χ4n) is 1.73. The summed E-state index contributed by atoms with van der Waals surface area (Å²) in [5, 5.41) is 0. The summed E-state index contributed by atoms with van der Waals surface area (Å²) in [6.07, 6.45) is 3.82. The molecule has 0 unspecified atom stereocenters. The molecule has 92 valence electrons. The van der Waals surface area contributed by atoms with Gasteiger partial charge in [-0.05, 0) is 30.5 Å². The molecule has 0 saturated carbocycles. The van der Waals surface area contributed by atoms with Crippen molar-refractivity contribution in [2.75, 3.05) is 6.26 Å². The molecule has 0 aliphatic rings. The fraction of sp³-hybridized carbons (Fsp3) is 0.0769. The number of imidazole rings is 1. The first-order chi connectivity index (χ1) is 8.36. The van der Waals surface area contributed by atoms with Gasteiger partial charge in [0.1, 0.15) is 5.82 Å². The van der Waals surface area contributed by atoms with Crippen molar-refractivity contribution >= 4 is 35.3 Å². The van der Waals surface area contributed by atoms with Crippen molar-refractivity contribution < 1.29 is 0 Å². The smallest absolute Gasteiger partial charge is 0.178 e. The van der Waals surface area contributed by atoms with Crippen molar-refractivity contribution in [2.45, 2.75) is 4.90 Å². The van der Waals surface area contributed by atoms with Crippen LogP contribution in [0.5, 0.6) is 0 Å². The van der Waals surface area contributed by atoms with Gasteiger partial charge in [-0.25, -0.2) is 9.97 Å². The van der Waals surface area contributed by atoms with Crippen LogP contribution in [0, 0.1) is 0 Å². The molecule has 0 aliphatic carbocycles. The highest BCUT2D eigenvalue weighted by Gasteiger charge is 2.05. The number of hydrogen-bond donors (Lipinski definition) is 1. The third-order valence-electron chi connectivity index (χ3n) is 2.62. The fourth-order valence-corrected chi connectivity index (χ4v) is 2.14. The van der Waals surface area contributed by atoms with Gasteiger partial charge in [0.2, 0.25) is 0 Å². The van der Waals surface area contributed by atoms with Crippen LogP contribution in [0.3, 0.4) is 0 Å². The summed E-state index contributed by atoms with van der Waals surface area (Å²) in [7, 11) is 0. The number of aromatic amines is 1. The first kappa shape index (κ1) is 12.9. The van der Waals surface area contributed by atoms with Crippen LogP contribution in [0.15, 0.2) is 47.5 Å². The molecule has 0 amide bonds. The average Bonchev–Trinajstić information content (AvgIpc) is 2.82. The lowest BCUT2D eigenvalue weighted by molar-refractivity contribution is 1.29. The van der Waals surface area contributed by atoms with E-state index in [1.807, 2.05) is 12.1 Å². The average molecular weight is 278 g/mol. The van der Waals surface area contributed by atoms with Gasteiger partial charge in [-0.2, -0.15) is 0 Å². The molecule has 0 aliphatic heterocycles. The predicted octanol–water partition coefficient (Wildman–Crippen LogP) is 3.77. The van der Waals surface area contributed by atoms with Crippen LogP contribution < -0.4 is 0 Å². The summed E-state index contributed by atoms with van der Waals surface area (Å²) in [5.41, 5.74) is 2.81. The Morgan fingerprint density at radius 1 is 1.11 bits per heavy atom. The van der Waals surface area contributed by atoms with Crippen molar-refractivity contribution in [3.8, 4) is 11.4 Å². The third kappa shape index (κ3) is 2.35. The van der Waals surface area contributed by atoms with Gasteiger partial charge >= 0.3 is 0 Å². The Labute approximate surface area is 115 Å². The number of thioether (sulfide) groups is 1. The summed E-state index contributed by atoms with van der Waals surface area (Å²) < 4.78 is 0. The zero-order valence-electron chi connectivity index (χ0n) is 9.75. The van der Waals surface area contributed by atoms with Gasteiger partial charge in [0.25, 0.3) is 0 Å². The van der Waals surface area contributed by atoms with E-state index in [1.54, 1.807) is 18.0 Å². The van der Waals surface area contributed by atoms with Gasteiger partial charge in [0, 0.05) is 16.7 Å². The van der Waals surface area contributed by atoms with Crippen LogP contribution in [0.2, 0.25) is 0 Å². The molecule has 0 bridgehead atoms. The summed E-state index contributed by atoms with van der Waals surface area (Å²) in [6, 6.07) is 12.2. The van der Waals surface area contributed by atoms with E-state index in [9.17, 15) is 0 Å². The van der Waals surface area contributed by atoms with E-state index in [0.717, 1.165) is 22.6 Å². The van der Waals surface area contributed by atoms with Gasteiger partial charge < -0.3 is 4.98 Å². The Bertz CT molecular complexity index is 616. The lowest BCUT2D eigenvalue weighted by Gasteiger charge is -1.98. The van der Waals surface area contributed by atoms with E-state index < -0.39 is 0 Å². The molecule has 18 heavy (non-hydrogen) atoms. The van der Waals surface area contributed by atoms with Crippen LogP contribution in [0.1, 0.15) is 0 Å². The zero-order chi connectivity index (χ0) is 11.7. The molecule has 3 rings (SSSR count). The van der Waals surface area contributed by atoms with E-state index in [4.69, 9.17) is 0 Å². The number of rotatable bonds is 2. The number of aromatic nitrogens is 3. The molecular formula is C13H12ClN3S. The number of halogens is 1. The van der Waals surface area contributed by atoms with E-state index in [-0.39, 0.29) is 12.4 Å². The SMILES string of the molecule is CSc1ccc(-c2nc3ncccc3[nH]2)cc1.Cl. The minimum Gasteiger partial charge on any atom is -0.337 e. The molecule has 2 heterocycles. The van der Waals surface area contributed by atoms with E-state index in [0.29, 0.717) is 0 Å². The number of H-pyrrole nitrogens is 1. The predicted molar refractivity (Wildman–Crippen MR) is 78.4 cm³/mol. The van der Waals surface area contributed by atoms with E-state index in [1.165, 1.54) is 4.90 Å². The van der Waals surface area contributed by atoms with Crippen molar-refractivity contribution in [1.82, 2.24) is 15.0 Å². The topological polar surface area (TPSA) is 41.6 Å². The number of nitrogens with one attached hydrogen (secondary N) is 1. The Morgan fingerprint density at radius 3 is 2.56 bits per heavy atom. The minimum atomic E-state index is 0. The molecule has 1 aromatic carbocycles. The van der Waals surface area contributed by atoms with Crippen LogP contribution in [0.4, 0.5) is 0 Å². The van der Waals surface area contributed by atoms with E-state index in [2.05, 4.69) is 45.5 Å². The monoisotopic (exact) mass is 277 g/mol. The number of pyridine rings is 1. The van der Waals surface area contributed by atoms with Crippen molar-refractivity contribution in [3.05, 3.63) is 42.6 Å². The number of nitrogens with zero attached hydrogens (tertiary/aromatic N) is 2. The highest BCUT2D eigenvalue weighted by atomic mass is 35.5. The maximum Gasteiger partial charge on any atom is 0.178 e. The number of benzene rings is 1. The number of fused-ring (bicyclic) bond motifs is 1. The molecule has 5 heteroatoms. The van der Waals surface area contributed by atoms with Crippen LogP contribution in [-0.2, 0) is 0 Å². The number of hydrogen-bond acceptors (Lipinski definition) is 3. The van der Waals surface area contributed by atoms with Crippen molar-refractivity contribution in [2.24, 2.45) is 0 Å². The maximum atomic E-state index is 4.46. The first-order valence-corrected chi connectivity index (χ1v) is 6.54. The van der Waals surface area contributed by atoms with Crippen LogP contribution in [-0.4, -0.2) is 21.2 Å². The Kier molecular flexibility index (Phi) is 3.89. The molecule has 0 radical (unpaired) electrons. The molecule has 0 saturated heterocycles.